The first-order valence-electron chi connectivity index (χ1n) is 4.96. The Labute approximate surface area is 74.0 Å². The van der Waals surface area contributed by atoms with Crippen molar-refractivity contribution in [2.75, 3.05) is 0 Å². The highest BCUT2D eigenvalue weighted by atomic mass is 16.4. The van der Waals surface area contributed by atoms with E-state index in [0.29, 0.717) is 0 Å². The van der Waals surface area contributed by atoms with E-state index < -0.39 is 5.97 Å². The molecule has 12 heavy (non-hydrogen) atoms. The highest BCUT2D eigenvalue weighted by Gasteiger charge is 2.24. The van der Waals surface area contributed by atoms with Crippen LogP contribution in [0.2, 0.25) is 0 Å². The van der Waals surface area contributed by atoms with Gasteiger partial charge in [-0.15, -0.1) is 0 Å². The van der Waals surface area contributed by atoms with Gasteiger partial charge in [0.2, 0.25) is 0 Å². The highest BCUT2D eigenvalue weighted by molar-refractivity contribution is 5.69. The number of hydrogen-bond donors (Lipinski definition) is 1. The molecule has 0 aliphatic heterocycles. The highest BCUT2D eigenvalue weighted by Crippen LogP contribution is 2.35. The third-order valence-corrected chi connectivity index (χ3v) is 2.61. The number of hydrogen-bond acceptors (Lipinski definition) is 1. The fraction of sp³-hybridized carbons (Fsp3) is 0.900. The molecule has 0 aromatic carbocycles. The third kappa shape index (κ3) is 3.24. The summed E-state index contributed by atoms with van der Waals surface area (Å²) in [5, 5.41) is 8.84. The lowest BCUT2D eigenvalue weighted by atomic mass is 9.97. The predicted molar refractivity (Wildman–Crippen MR) is 48.0 cm³/mol. The van der Waals surface area contributed by atoms with E-state index in [-0.39, 0.29) is 5.92 Å². The molecule has 0 heterocycles. The van der Waals surface area contributed by atoms with Crippen LogP contribution < -0.4 is 0 Å². The van der Waals surface area contributed by atoms with Gasteiger partial charge in [0.25, 0.3) is 0 Å². The second-order valence-corrected chi connectivity index (χ2v) is 3.84. The molecule has 1 rings (SSSR count). The molecule has 2 nitrogen and oxygen atoms in total. The van der Waals surface area contributed by atoms with E-state index in [0.717, 1.165) is 31.6 Å². The Hall–Kier alpha value is -0.530. The predicted octanol–water partition coefficient (Wildman–Crippen LogP) is 2.68. The van der Waals surface area contributed by atoms with Gasteiger partial charge in [0.1, 0.15) is 0 Å². The van der Waals surface area contributed by atoms with Gasteiger partial charge in [0.15, 0.2) is 0 Å². The minimum atomic E-state index is -0.600. The largest absolute Gasteiger partial charge is 0.481 e. The number of rotatable bonds is 6. The average molecular weight is 170 g/mol. The Balaban J connectivity index is 2.16. The molecular weight excluding hydrogens is 152 g/mol. The van der Waals surface area contributed by atoms with Crippen molar-refractivity contribution in [1.82, 2.24) is 0 Å². The van der Waals surface area contributed by atoms with Crippen LogP contribution in [0.25, 0.3) is 0 Å². The van der Waals surface area contributed by atoms with Crippen molar-refractivity contribution in [3.05, 3.63) is 0 Å². The van der Waals surface area contributed by atoms with Gasteiger partial charge in [-0.1, -0.05) is 26.2 Å². The molecule has 0 bridgehead atoms. The van der Waals surface area contributed by atoms with Crippen molar-refractivity contribution >= 4 is 5.97 Å². The minimum absolute atomic E-state index is 0.0735. The van der Waals surface area contributed by atoms with Crippen LogP contribution in [0.3, 0.4) is 0 Å². The lowest BCUT2D eigenvalue weighted by Gasteiger charge is -2.09. The van der Waals surface area contributed by atoms with Crippen molar-refractivity contribution in [1.29, 1.82) is 0 Å². The Morgan fingerprint density at radius 2 is 2.17 bits per heavy atom. The Morgan fingerprint density at radius 1 is 1.50 bits per heavy atom. The molecule has 0 aromatic rings. The van der Waals surface area contributed by atoms with Crippen LogP contribution in [-0.4, -0.2) is 11.1 Å². The summed E-state index contributed by atoms with van der Waals surface area (Å²) in [5.74, 6) is 0.191. The first-order valence-corrected chi connectivity index (χ1v) is 4.96. The summed E-state index contributed by atoms with van der Waals surface area (Å²) in [5.41, 5.74) is 0. The van der Waals surface area contributed by atoms with Gasteiger partial charge < -0.3 is 5.11 Å². The van der Waals surface area contributed by atoms with E-state index in [9.17, 15) is 4.79 Å². The molecule has 0 radical (unpaired) electrons. The second kappa shape index (κ2) is 4.48. The number of carbonyl (C=O) groups is 1. The molecule has 0 spiro atoms. The fourth-order valence-electron chi connectivity index (χ4n) is 1.58. The summed E-state index contributed by atoms with van der Waals surface area (Å²) in [7, 11) is 0. The van der Waals surface area contributed by atoms with Gasteiger partial charge >= 0.3 is 5.97 Å². The summed E-state index contributed by atoms with van der Waals surface area (Å²) >= 11 is 0. The molecule has 1 aliphatic rings. The van der Waals surface area contributed by atoms with E-state index in [1.807, 2.05) is 6.92 Å². The lowest BCUT2D eigenvalue weighted by Crippen LogP contribution is -2.13. The van der Waals surface area contributed by atoms with E-state index in [1.165, 1.54) is 12.8 Å². The van der Waals surface area contributed by atoms with Crippen LogP contribution in [0.5, 0.6) is 0 Å². The molecule has 1 fully saturated rings. The average Bonchev–Trinajstić information content (AvgIpc) is 2.80. The van der Waals surface area contributed by atoms with Gasteiger partial charge in [0.05, 0.1) is 5.92 Å². The van der Waals surface area contributed by atoms with Crippen LogP contribution in [-0.2, 0) is 4.79 Å². The molecule has 1 atom stereocenters. The number of carboxylic acids is 1. The molecule has 70 valence electrons. The number of carboxylic acid groups (broad SMARTS) is 1. The topological polar surface area (TPSA) is 37.3 Å². The maximum absolute atomic E-state index is 10.7. The zero-order chi connectivity index (χ0) is 8.97. The first kappa shape index (κ1) is 9.56. The first-order chi connectivity index (χ1) is 5.74. The molecule has 1 saturated carbocycles. The quantitative estimate of drug-likeness (QED) is 0.665. The standard InChI is InChI=1S/C10H18O2/c1-2-3-9(10(11)12)7-6-8-4-5-8/h8-9H,2-7H2,1H3,(H,11,12). The summed E-state index contributed by atoms with van der Waals surface area (Å²) in [6.07, 6.45) is 6.53. The SMILES string of the molecule is CCCC(CCC1CC1)C(=O)O. The van der Waals surface area contributed by atoms with Crippen molar-refractivity contribution in [3.8, 4) is 0 Å². The molecule has 2 heteroatoms. The van der Waals surface area contributed by atoms with E-state index in [1.54, 1.807) is 0 Å². The molecular formula is C10H18O2. The monoisotopic (exact) mass is 170 g/mol. The molecule has 1 aliphatic carbocycles. The van der Waals surface area contributed by atoms with E-state index in [4.69, 9.17) is 5.11 Å². The Morgan fingerprint density at radius 3 is 2.58 bits per heavy atom. The van der Waals surface area contributed by atoms with Gasteiger partial charge in [-0.3, -0.25) is 4.79 Å². The van der Waals surface area contributed by atoms with Gasteiger partial charge in [0, 0.05) is 0 Å². The zero-order valence-corrected chi connectivity index (χ0v) is 7.75. The van der Waals surface area contributed by atoms with Gasteiger partial charge in [-0.25, -0.2) is 0 Å². The van der Waals surface area contributed by atoms with Crippen LogP contribution in [0.4, 0.5) is 0 Å². The van der Waals surface area contributed by atoms with E-state index in [2.05, 4.69) is 0 Å². The Bertz CT molecular complexity index is 150. The van der Waals surface area contributed by atoms with Crippen LogP contribution >= 0.6 is 0 Å². The minimum Gasteiger partial charge on any atom is -0.481 e. The zero-order valence-electron chi connectivity index (χ0n) is 7.75. The lowest BCUT2D eigenvalue weighted by molar-refractivity contribution is -0.142. The van der Waals surface area contributed by atoms with Crippen LogP contribution in [0.1, 0.15) is 45.4 Å². The van der Waals surface area contributed by atoms with Crippen molar-refractivity contribution < 1.29 is 9.90 Å². The second-order valence-electron chi connectivity index (χ2n) is 3.84. The summed E-state index contributed by atoms with van der Waals surface area (Å²) < 4.78 is 0. The van der Waals surface area contributed by atoms with Crippen molar-refractivity contribution in [3.63, 3.8) is 0 Å². The van der Waals surface area contributed by atoms with Crippen molar-refractivity contribution in [2.45, 2.75) is 45.4 Å². The van der Waals surface area contributed by atoms with Gasteiger partial charge in [-0.05, 0) is 25.2 Å². The maximum Gasteiger partial charge on any atom is 0.306 e. The van der Waals surface area contributed by atoms with Gasteiger partial charge in [-0.2, -0.15) is 0 Å². The number of aliphatic carboxylic acids is 1. The maximum atomic E-state index is 10.7. The third-order valence-electron chi connectivity index (χ3n) is 2.61. The summed E-state index contributed by atoms with van der Waals surface area (Å²) in [6, 6.07) is 0. The molecule has 0 saturated heterocycles. The van der Waals surface area contributed by atoms with Crippen molar-refractivity contribution in [2.24, 2.45) is 11.8 Å². The smallest absolute Gasteiger partial charge is 0.306 e. The van der Waals surface area contributed by atoms with E-state index >= 15 is 0 Å². The van der Waals surface area contributed by atoms with Crippen LogP contribution in [0, 0.1) is 11.8 Å². The normalized spacial score (nSPS) is 19.1. The van der Waals surface area contributed by atoms with Crippen LogP contribution in [0.15, 0.2) is 0 Å². The summed E-state index contributed by atoms with van der Waals surface area (Å²) in [6.45, 7) is 2.05. The molecule has 0 aromatic heterocycles. The Kier molecular flexibility index (Phi) is 3.57. The molecule has 0 amide bonds. The molecule has 1 N–H and O–H groups in total. The summed E-state index contributed by atoms with van der Waals surface area (Å²) in [4.78, 5) is 10.7. The molecule has 1 unspecified atom stereocenters. The fourth-order valence-corrected chi connectivity index (χ4v) is 1.58.